The molecule has 0 radical (unpaired) electrons. The molecule has 2 N–H and O–H groups in total. The first-order valence-corrected chi connectivity index (χ1v) is 11.7. The molecule has 2 fully saturated rings. The Hall–Kier alpha value is -2.95. The predicted molar refractivity (Wildman–Crippen MR) is 129 cm³/mol. The van der Waals surface area contributed by atoms with Crippen molar-refractivity contribution in [3.8, 4) is 0 Å². The Balaban J connectivity index is 0.00000210. The minimum atomic E-state index is -4.60. The van der Waals surface area contributed by atoms with Crippen LogP contribution in [-0.2, 0) is 10.9 Å². The van der Waals surface area contributed by atoms with Crippen LogP contribution in [0.1, 0.15) is 52.3 Å². The minimum absolute atomic E-state index is 0.00591. The summed E-state index contributed by atoms with van der Waals surface area (Å²) in [7, 11) is 0. The van der Waals surface area contributed by atoms with Crippen LogP contribution >= 0.6 is 0 Å². The number of carbonyl (C=O) groups excluding carboxylic acids is 1. The van der Waals surface area contributed by atoms with Gasteiger partial charge in [0, 0.05) is 37.4 Å². The Morgan fingerprint density at radius 2 is 2.06 bits per heavy atom. The van der Waals surface area contributed by atoms with E-state index in [0.717, 1.165) is 12.1 Å². The summed E-state index contributed by atoms with van der Waals surface area (Å²) in [5.41, 5.74) is -0.483. The number of aromatic nitrogens is 1. The summed E-state index contributed by atoms with van der Waals surface area (Å²) < 4.78 is 60.0. The van der Waals surface area contributed by atoms with Gasteiger partial charge in [0.15, 0.2) is 6.10 Å². The lowest BCUT2D eigenvalue weighted by atomic mass is 9.98. The van der Waals surface area contributed by atoms with E-state index in [4.69, 9.17) is 4.74 Å². The fraction of sp³-hybridized carbons (Fsp3) is 0.542. The lowest BCUT2D eigenvalue weighted by molar-refractivity contribution is -0.137. The van der Waals surface area contributed by atoms with Crippen molar-refractivity contribution in [1.29, 1.82) is 0 Å². The SMILES string of the molecule is CC.CC/C=C/N=C1\NC(=O)OC(CF)\C1=C(\C)c1cc(C(F)(F)F)cc(N2CCNC(C)C2)n1. The highest BCUT2D eigenvalue weighted by Gasteiger charge is 2.35. The van der Waals surface area contributed by atoms with Gasteiger partial charge in [0.05, 0.1) is 11.3 Å². The molecule has 2 aliphatic rings. The molecule has 0 saturated carbocycles. The van der Waals surface area contributed by atoms with Gasteiger partial charge in [0.25, 0.3) is 0 Å². The Morgan fingerprint density at radius 1 is 1.34 bits per heavy atom. The molecule has 1 aromatic rings. The number of hydrogen-bond acceptors (Lipinski definition) is 6. The Bertz CT molecular complexity index is 975. The van der Waals surface area contributed by atoms with E-state index in [9.17, 15) is 22.4 Å². The first-order valence-electron chi connectivity index (χ1n) is 11.7. The normalized spacial score (nSPS) is 23.5. The third-order valence-corrected chi connectivity index (χ3v) is 5.35. The lowest BCUT2D eigenvalue weighted by Gasteiger charge is -2.33. The summed E-state index contributed by atoms with van der Waals surface area (Å²) in [5, 5.41) is 5.66. The standard InChI is InChI=1S/C22H27F4N5O2.C2H6/c1-4-5-6-28-20-19(17(11-23)33-21(32)30-20)14(3)16-9-15(22(24,25)26)10-18(29-16)31-8-7-27-13(2)12-31;1-2/h5-6,9-10,13,17,27H,4,7-8,11-12H2,1-3H3,(H,28,30,32);1-2H3/b6-5+,19-14+;. The number of allylic oxidation sites excluding steroid dienone is 2. The van der Waals surface area contributed by atoms with Crippen LogP contribution in [0.5, 0.6) is 0 Å². The van der Waals surface area contributed by atoms with Crippen molar-refractivity contribution >= 4 is 23.3 Å². The Morgan fingerprint density at radius 3 is 2.66 bits per heavy atom. The number of pyridine rings is 1. The first kappa shape index (κ1) is 28.3. The fourth-order valence-electron chi connectivity index (χ4n) is 3.71. The number of alkyl halides is 4. The van der Waals surface area contributed by atoms with Crippen molar-refractivity contribution in [3.05, 3.63) is 41.2 Å². The van der Waals surface area contributed by atoms with Gasteiger partial charge in [0.2, 0.25) is 0 Å². The second kappa shape index (κ2) is 12.7. The van der Waals surface area contributed by atoms with Gasteiger partial charge in [0.1, 0.15) is 18.3 Å². The molecular weight excluding hydrogens is 466 g/mol. The minimum Gasteiger partial charge on any atom is -0.438 e. The molecule has 0 spiro atoms. The number of hydrogen-bond donors (Lipinski definition) is 2. The molecule has 2 atom stereocenters. The number of ether oxygens (including phenoxy) is 1. The van der Waals surface area contributed by atoms with Crippen molar-refractivity contribution in [2.24, 2.45) is 4.99 Å². The maximum Gasteiger partial charge on any atom is 0.416 e. The van der Waals surface area contributed by atoms with Gasteiger partial charge in [-0.25, -0.2) is 19.2 Å². The van der Waals surface area contributed by atoms with E-state index in [1.54, 1.807) is 11.0 Å². The van der Waals surface area contributed by atoms with Crippen LogP contribution < -0.4 is 15.5 Å². The number of halogens is 4. The molecule has 2 unspecified atom stereocenters. The molecule has 11 heteroatoms. The Kier molecular flexibility index (Phi) is 10.2. The summed E-state index contributed by atoms with van der Waals surface area (Å²) in [6.45, 7) is 9.88. The highest BCUT2D eigenvalue weighted by atomic mass is 19.4. The van der Waals surface area contributed by atoms with Gasteiger partial charge in [-0.2, -0.15) is 13.2 Å². The van der Waals surface area contributed by atoms with Crippen molar-refractivity contribution in [3.63, 3.8) is 0 Å². The monoisotopic (exact) mass is 499 g/mol. The summed E-state index contributed by atoms with van der Waals surface area (Å²) in [4.78, 5) is 22.3. The quantitative estimate of drug-likeness (QED) is 0.552. The predicted octanol–water partition coefficient (Wildman–Crippen LogP) is 5.10. The van der Waals surface area contributed by atoms with Crippen molar-refractivity contribution in [2.75, 3.05) is 31.2 Å². The van der Waals surface area contributed by atoms with Crippen LogP contribution in [-0.4, -0.2) is 55.4 Å². The molecule has 194 valence electrons. The third kappa shape index (κ3) is 7.27. The molecule has 3 rings (SSSR count). The van der Waals surface area contributed by atoms with E-state index in [1.807, 2.05) is 27.7 Å². The number of amidine groups is 1. The third-order valence-electron chi connectivity index (χ3n) is 5.35. The maximum absolute atomic E-state index is 13.8. The number of piperazine rings is 1. The zero-order valence-electron chi connectivity index (χ0n) is 20.7. The maximum atomic E-state index is 13.8. The van der Waals surface area contributed by atoms with Crippen LogP contribution in [0.15, 0.2) is 35.0 Å². The van der Waals surface area contributed by atoms with Crippen LogP contribution in [0.2, 0.25) is 0 Å². The van der Waals surface area contributed by atoms with Gasteiger partial charge in [-0.1, -0.05) is 26.8 Å². The number of aliphatic imine (C=N–C) groups is 1. The molecule has 1 aromatic heterocycles. The second-order valence-electron chi connectivity index (χ2n) is 7.88. The van der Waals surface area contributed by atoms with E-state index < -0.39 is 30.6 Å². The van der Waals surface area contributed by atoms with E-state index >= 15 is 0 Å². The Labute approximate surface area is 203 Å². The van der Waals surface area contributed by atoms with Gasteiger partial charge in [-0.15, -0.1) is 0 Å². The molecule has 3 heterocycles. The number of nitrogens with one attached hydrogen (secondary N) is 2. The topological polar surface area (TPSA) is 78.8 Å². The average Bonchev–Trinajstić information content (AvgIpc) is 2.84. The number of rotatable bonds is 5. The van der Waals surface area contributed by atoms with Crippen LogP contribution in [0.4, 0.5) is 28.2 Å². The van der Waals surface area contributed by atoms with Crippen molar-refractivity contribution in [2.45, 2.75) is 59.4 Å². The molecule has 0 aliphatic carbocycles. The number of cyclic esters (lactones) is 1. The summed E-state index contributed by atoms with van der Waals surface area (Å²) in [5.74, 6) is 0.197. The van der Waals surface area contributed by atoms with Crippen molar-refractivity contribution < 1.29 is 27.1 Å². The summed E-state index contributed by atoms with van der Waals surface area (Å²) >= 11 is 0. The van der Waals surface area contributed by atoms with Gasteiger partial charge in [-0.05, 0) is 38.0 Å². The van der Waals surface area contributed by atoms with E-state index in [1.165, 1.54) is 13.1 Å². The first-order chi connectivity index (χ1) is 16.6. The zero-order chi connectivity index (χ0) is 26.2. The molecular formula is C24H33F4N5O2. The number of alkyl carbamates (subject to hydrolysis) is 1. The average molecular weight is 500 g/mol. The van der Waals surface area contributed by atoms with Crippen LogP contribution in [0.25, 0.3) is 5.57 Å². The lowest BCUT2D eigenvalue weighted by Crippen LogP contribution is -2.49. The molecule has 35 heavy (non-hydrogen) atoms. The van der Waals surface area contributed by atoms with Gasteiger partial charge >= 0.3 is 12.3 Å². The van der Waals surface area contributed by atoms with E-state index in [0.29, 0.717) is 26.1 Å². The molecule has 0 aromatic carbocycles. The molecule has 2 aliphatic heterocycles. The highest BCUT2D eigenvalue weighted by molar-refractivity contribution is 6.13. The molecule has 1 amide bonds. The molecule has 7 nitrogen and oxygen atoms in total. The van der Waals surface area contributed by atoms with Crippen molar-refractivity contribution in [1.82, 2.24) is 15.6 Å². The molecule has 0 bridgehead atoms. The summed E-state index contributed by atoms with van der Waals surface area (Å²) in [6.07, 6.45) is -2.96. The van der Waals surface area contributed by atoms with Gasteiger partial charge < -0.3 is 15.0 Å². The smallest absolute Gasteiger partial charge is 0.416 e. The number of amides is 1. The fourth-order valence-corrected chi connectivity index (χ4v) is 3.71. The van der Waals surface area contributed by atoms with Crippen LogP contribution in [0, 0.1) is 0 Å². The van der Waals surface area contributed by atoms with Gasteiger partial charge in [-0.3, -0.25) is 5.32 Å². The highest BCUT2D eigenvalue weighted by Crippen LogP contribution is 2.35. The van der Waals surface area contributed by atoms with E-state index in [2.05, 4.69) is 20.6 Å². The number of carbonyl (C=O) groups is 1. The zero-order valence-corrected chi connectivity index (χ0v) is 20.7. The second-order valence-corrected chi connectivity index (χ2v) is 7.88. The van der Waals surface area contributed by atoms with Crippen LogP contribution in [0.3, 0.4) is 0 Å². The summed E-state index contributed by atoms with van der Waals surface area (Å²) in [6, 6.07) is 2.02. The molecule has 2 saturated heterocycles. The van der Waals surface area contributed by atoms with E-state index in [-0.39, 0.29) is 34.5 Å². The largest absolute Gasteiger partial charge is 0.438 e. The number of anilines is 1. The number of nitrogens with zero attached hydrogens (tertiary/aromatic N) is 3.